The quantitative estimate of drug-likeness (QED) is 0.522. The number of nitrogens with one attached hydrogen (secondary N) is 1. The minimum absolute atomic E-state index is 0.121. The molecule has 1 aromatic heterocycles. The normalized spacial score (nSPS) is 13.8. The van der Waals surface area contributed by atoms with Crippen LogP contribution >= 0.6 is 0 Å². The number of anilines is 2. The molecule has 3 rings (SSSR count). The van der Waals surface area contributed by atoms with Gasteiger partial charge in [-0.25, -0.2) is 9.97 Å². The Morgan fingerprint density at radius 3 is 2.45 bits per heavy atom. The van der Waals surface area contributed by atoms with E-state index in [1.54, 1.807) is 17.3 Å². The minimum atomic E-state index is -0.146. The molecule has 1 aliphatic heterocycles. The predicted octanol–water partition coefficient (Wildman–Crippen LogP) is 1.83. The molecule has 1 N–H and O–H groups in total. The number of carbonyl (C=O) groups is 2. The summed E-state index contributed by atoms with van der Waals surface area (Å²) in [5.74, 6) is 0.506. The molecule has 0 atom stereocenters. The summed E-state index contributed by atoms with van der Waals surface area (Å²) in [6.45, 7) is 5.50. The average molecular weight is 450 g/mol. The molecule has 1 aliphatic rings. The standard InChI is InChI=1S/C24H31N7O2/c25-11-4-16-31(21-7-2-1-3-8-21)23(33)10-9-22(32)26-14-6-15-29-17-19-30(20-18-29)24-27-12-5-13-28-24/h1-3,5,7-8,12-13H,4,6,9-10,14-20H2,(H,26,32). The van der Waals surface area contributed by atoms with Gasteiger partial charge < -0.3 is 15.1 Å². The lowest BCUT2D eigenvalue weighted by molar-refractivity contribution is -0.125. The highest BCUT2D eigenvalue weighted by Crippen LogP contribution is 2.15. The maximum atomic E-state index is 12.6. The number of nitrogens with zero attached hydrogens (tertiary/aromatic N) is 6. The number of nitriles is 1. The van der Waals surface area contributed by atoms with E-state index in [1.807, 2.05) is 36.4 Å². The zero-order chi connectivity index (χ0) is 23.3. The van der Waals surface area contributed by atoms with Crippen molar-refractivity contribution in [2.45, 2.75) is 25.7 Å². The number of hydrogen-bond acceptors (Lipinski definition) is 7. The monoisotopic (exact) mass is 449 g/mol. The van der Waals surface area contributed by atoms with Gasteiger partial charge in [0.2, 0.25) is 17.8 Å². The molecule has 1 aromatic carbocycles. The summed E-state index contributed by atoms with van der Waals surface area (Å²) in [4.78, 5) is 39.6. The minimum Gasteiger partial charge on any atom is -0.356 e. The molecule has 0 saturated carbocycles. The average Bonchev–Trinajstić information content (AvgIpc) is 2.87. The first-order valence-corrected chi connectivity index (χ1v) is 11.4. The Hall–Kier alpha value is -3.51. The Morgan fingerprint density at radius 2 is 1.76 bits per heavy atom. The van der Waals surface area contributed by atoms with Crippen LogP contribution in [0.4, 0.5) is 11.6 Å². The van der Waals surface area contributed by atoms with Crippen LogP contribution in [0.25, 0.3) is 0 Å². The molecule has 174 valence electrons. The molecule has 1 fully saturated rings. The Bertz CT molecular complexity index is 909. The van der Waals surface area contributed by atoms with Crippen molar-refractivity contribution in [2.24, 2.45) is 0 Å². The first-order chi connectivity index (χ1) is 16.2. The van der Waals surface area contributed by atoms with E-state index < -0.39 is 0 Å². The molecule has 2 aromatic rings. The maximum absolute atomic E-state index is 12.6. The van der Waals surface area contributed by atoms with E-state index in [0.717, 1.165) is 50.8 Å². The van der Waals surface area contributed by atoms with E-state index >= 15 is 0 Å². The van der Waals surface area contributed by atoms with Gasteiger partial charge in [0.25, 0.3) is 0 Å². The summed E-state index contributed by atoms with van der Waals surface area (Å²) in [7, 11) is 0. The lowest BCUT2D eigenvalue weighted by Gasteiger charge is -2.34. The Morgan fingerprint density at radius 1 is 1.03 bits per heavy atom. The molecule has 0 unspecified atom stereocenters. The summed E-state index contributed by atoms with van der Waals surface area (Å²) < 4.78 is 0. The van der Waals surface area contributed by atoms with Crippen LogP contribution in [-0.4, -0.2) is 72.5 Å². The molecular formula is C24H31N7O2. The second-order valence-corrected chi connectivity index (χ2v) is 7.87. The highest BCUT2D eigenvalue weighted by molar-refractivity contribution is 5.95. The third-order valence-electron chi connectivity index (χ3n) is 5.56. The fourth-order valence-electron chi connectivity index (χ4n) is 3.77. The summed E-state index contributed by atoms with van der Waals surface area (Å²) >= 11 is 0. The van der Waals surface area contributed by atoms with Crippen LogP contribution in [0.5, 0.6) is 0 Å². The lowest BCUT2D eigenvalue weighted by atomic mass is 10.2. The zero-order valence-corrected chi connectivity index (χ0v) is 18.9. The van der Waals surface area contributed by atoms with Gasteiger partial charge in [0.05, 0.1) is 12.5 Å². The number of para-hydroxylation sites is 1. The van der Waals surface area contributed by atoms with Gasteiger partial charge in [-0.3, -0.25) is 14.5 Å². The van der Waals surface area contributed by atoms with Crippen molar-refractivity contribution in [3.63, 3.8) is 0 Å². The second-order valence-electron chi connectivity index (χ2n) is 7.87. The van der Waals surface area contributed by atoms with Crippen LogP contribution in [0.15, 0.2) is 48.8 Å². The Kier molecular flexibility index (Phi) is 9.61. The van der Waals surface area contributed by atoms with Gasteiger partial charge in [0, 0.05) is 70.2 Å². The largest absolute Gasteiger partial charge is 0.356 e. The molecule has 9 nitrogen and oxygen atoms in total. The van der Waals surface area contributed by atoms with E-state index in [4.69, 9.17) is 5.26 Å². The highest BCUT2D eigenvalue weighted by Gasteiger charge is 2.19. The molecule has 0 aliphatic carbocycles. The summed E-state index contributed by atoms with van der Waals surface area (Å²) in [6.07, 6.45) is 4.90. The first kappa shape index (κ1) is 24.1. The molecule has 0 spiro atoms. The van der Waals surface area contributed by atoms with Crippen LogP contribution < -0.4 is 15.1 Å². The number of aromatic nitrogens is 2. The third-order valence-corrected chi connectivity index (χ3v) is 5.56. The Balaban J connectivity index is 1.31. The fourth-order valence-corrected chi connectivity index (χ4v) is 3.77. The zero-order valence-electron chi connectivity index (χ0n) is 18.9. The molecule has 0 radical (unpaired) electrons. The third kappa shape index (κ3) is 7.84. The highest BCUT2D eigenvalue weighted by atomic mass is 16.2. The fraction of sp³-hybridized carbons (Fsp3) is 0.458. The van der Waals surface area contributed by atoms with Gasteiger partial charge in [-0.1, -0.05) is 18.2 Å². The number of rotatable bonds is 11. The number of carbonyl (C=O) groups excluding carboxylic acids is 2. The summed E-state index contributed by atoms with van der Waals surface area (Å²) in [6, 6.07) is 13.1. The van der Waals surface area contributed by atoms with Gasteiger partial charge in [0.1, 0.15) is 0 Å². The van der Waals surface area contributed by atoms with Gasteiger partial charge in [-0.2, -0.15) is 5.26 Å². The Labute approximate surface area is 195 Å². The van der Waals surface area contributed by atoms with Crippen molar-refractivity contribution in [2.75, 3.05) is 55.6 Å². The second kappa shape index (κ2) is 13.1. The van der Waals surface area contributed by atoms with E-state index in [-0.39, 0.29) is 31.1 Å². The number of amides is 2. The maximum Gasteiger partial charge on any atom is 0.227 e. The SMILES string of the molecule is N#CCCN(C(=O)CCC(=O)NCCCN1CCN(c2ncccn2)CC1)c1ccccc1. The van der Waals surface area contributed by atoms with Crippen molar-refractivity contribution in [3.8, 4) is 6.07 Å². The molecular weight excluding hydrogens is 418 g/mol. The van der Waals surface area contributed by atoms with Gasteiger partial charge in [-0.05, 0) is 31.2 Å². The molecule has 2 amide bonds. The number of benzene rings is 1. The van der Waals surface area contributed by atoms with Crippen LogP contribution in [0.3, 0.4) is 0 Å². The van der Waals surface area contributed by atoms with Crippen molar-refractivity contribution < 1.29 is 9.59 Å². The molecule has 0 bridgehead atoms. The van der Waals surface area contributed by atoms with Gasteiger partial charge in [0.15, 0.2) is 0 Å². The molecule has 2 heterocycles. The van der Waals surface area contributed by atoms with Crippen molar-refractivity contribution in [3.05, 3.63) is 48.8 Å². The number of hydrogen-bond donors (Lipinski definition) is 1. The van der Waals surface area contributed by atoms with Crippen LogP contribution in [0.1, 0.15) is 25.7 Å². The van der Waals surface area contributed by atoms with Crippen LogP contribution in [0.2, 0.25) is 0 Å². The van der Waals surface area contributed by atoms with E-state index in [2.05, 4.69) is 31.2 Å². The van der Waals surface area contributed by atoms with Crippen molar-refractivity contribution >= 4 is 23.5 Å². The molecule has 9 heteroatoms. The van der Waals surface area contributed by atoms with Gasteiger partial charge in [-0.15, -0.1) is 0 Å². The van der Waals surface area contributed by atoms with Crippen molar-refractivity contribution in [1.29, 1.82) is 5.26 Å². The lowest BCUT2D eigenvalue weighted by Crippen LogP contribution is -2.47. The number of piperazine rings is 1. The first-order valence-electron chi connectivity index (χ1n) is 11.4. The van der Waals surface area contributed by atoms with E-state index in [1.165, 1.54) is 0 Å². The molecule has 1 saturated heterocycles. The van der Waals surface area contributed by atoms with Gasteiger partial charge >= 0.3 is 0 Å². The molecule has 33 heavy (non-hydrogen) atoms. The van der Waals surface area contributed by atoms with E-state index in [0.29, 0.717) is 13.1 Å². The summed E-state index contributed by atoms with van der Waals surface area (Å²) in [5.41, 5.74) is 0.747. The summed E-state index contributed by atoms with van der Waals surface area (Å²) in [5, 5.41) is 11.8. The topological polar surface area (TPSA) is 105 Å². The van der Waals surface area contributed by atoms with Crippen molar-refractivity contribution in [1.82, 2.24) is 20.2 Å². The van der Waals surface area contributed by atoms with E-state index in [9.17, 15) is 9.59 Å². The van der Waals surface area contributed by atoms with Crippen LogP contribution in [-0.2, 0) is 9.59 Å². The predicted molar refractivity (Wildman–Crippen MR) is 127 cm³/mol. The smallest absolute Gasteiger partial charge is 0.227 e. The van der Waals surface area contributed by atoms with Crippen LogP contribution in [0, 0.1) is 11.3 Å².